The Morgan fingerprint density at radius 3 is 2.85 bits per heavy atom. The molecule has 0 spiro atoms. The molecule has 1 aromatic heterocycles. The SMILES string of the molecule is CC(O)c1ccnc(Oc2c(Cl)cccc2[N+](=O)[O-])c1. The van der Waals surface area contributed by atoms with Crippen LogP contribution < -0.4 is 4.74 Å². The Balaban J connectivity index is 2.40. The minimum absolute atomic E-state index is 0.0746. The lowest BCUT2D eigenvalue weighted by Crippen LogP contribution is -1.97. The van der Waals surface area contributed by atoms with Crippen molar-refractivity contribution in [2.45, 2.75) is 13.0 Å². The van der Waals surface area contributed by atoms with Crippen molar-refractivity contribution >= 4 is 17.3 Å². The summed E-state index contributed by atoms with van der Waals surface area (Å²) in [5, 5.41) is 20.6. The Labute approximate surface area is 119 Å². The highest BCUT2D eigenvalue weighted by Crippen LogP contribution is 2.37. The highest BCUT2D eigenvalue weighted by molar-refractivity contribution is 6.32. The molecule has 0 aliphatic carbocycles. The topological polar surface area (TPSA) is 85.5 Å². The Kier molecular flexibility index (Phi) is 4.16. The zero-order chi connectivity index (χ0) is 14.7. The zero-order valence-corrected chi connectivity index (χ0v) is 11.2. The molecule has 2 aromatic rings. The normalized spacial score (nSPS) is 11.9. The summed E-state index contributed by atoms with van der Waals surface area (Å²) in [5.41, 5.74) is 0.339. The number of aromatic nitrogens is 1. The summed E-state index contributed by atoms with van der Waals surface area (Å²) in [5.74, 6) is 0.0500. The van der Waals surface area contributed by atoms with Gasteiger partial charge in [0.05, 0.1) is 16.0 Å². The number of nitrogens with zero attached hydrogens (tertiary/aromatic N) is 2. The first kappa shape index (κ1) is 14.2. The number of ether oxygens (including phenoxy) is 1. The first-order valence-corrected chi connectivity index (χ1v) is 6.11. The van der Waals surface area contributed by atoms with Crippen LogP contribution in [0.3, 0.4) is 0 Å². The van der Waals surface area contributed by atoms with Gasteiger partial charge in [0.2, 0.25) is 11.6 Å². The molecule has 20 heavy (non-hydrogen) atoms. The summed E-state index contributed by atoms with van der Waals surface area (Å²) in [6.45, 7) is 1.59. The fraction of sp³-hybridized carbons (Fsp3) is 0.154. The maximum absolute atomic E-state index is 10.9. The number of benzene rings is 1. The molecule has 1 heterocycles. The second kappa shape index (κ2) is 5.85. The number of aliphatic hydroxyl groups is 1. The molecule has 7 heteroatoms. The van der Waals surface area contributed by atoms with E-state index in [0.29, 0.717) is 5.56 Å². The molecule has 1 N–H and O–H groups in total. The van der Waals surface area contributed by atoms with Crippen LogP contribution in [0.2, 0.25) is 5.02 Å². The first-order valence-electron chi connectivity index (χ1n) is 5.74. The number of nitro benzene ring substituents is 1. The third kappa shape index (κ3) is 3.04. The van der Waals surface area contributed by atoms with Gasteiger partial charge in [-0.05, 0) is 24.6 Å². The van der Waals surface area contributed by atoms with Gasteiger partial charge < -0.3 is 9.84 Å². The van der Waals surface area contributed by atoms with E-state index in [9.17, 15) is 15.2 Å². The van der Waals surface area contributed by atoms with E-state index in [1.165, 1.54) is 30.5 Å². The molecule has 2 rings (SSSR count). The predicted molar refractivity (Wildman–Crippen MR) is 73.1 cm³/mol. The predicted octanol–water partition coefficient (Wildman–Crippen LogP) is 3.49. The molecule has 0 saturated heterocycles. The molecular formula is C13H11ClN2O4. The van der Waals surface area contributed by atoms with Crippen molar-refractivity contribution in [1.82, 2.24) is 4.98 Å². The highest BCUT2D eigenvalue weighted by Gasteiger charge is 2.19. The van der Waals surface area contributed by atoms with Gasteiger partial charge in [-0.2, -0.15) is 0 Å². The quantitative estimate of drug-likeness (QED) is 0.689. The molecule has 0 aliphatic heterocycles. The maximum Gasteiger partial charge on any atom is 0.313 e. The molecule has 0 saturated carbocycles. The third-order valence-electron chi connectivity index (χ3n) is 2.59. The van der Waals surface area contributed by atoms with Gasteiger partial charge in [0.25, 0.3) is 0 Å². The molecule has 6 nitrogen and oxygen atoms in total. The van der Waals surface area contributed by atoms with Crippen molar-refractivity contribution < 1.29 is 14.8 Å². The number of para-hydroxylation sites is 1. The van der Waals surface area contributed by atoms with E-state index in [1.54, 1.807) is 13.0 Å². The Morgan fingerprint density at radius 1 is 1.45 bits per heavy atom. The van der Waals surface area contributed by atoms with Gasteiger partial charge in [-0.1, -0.05) is 17.7 Å². The number of pyridine rings is 1. The van der Waals surface area contributed by atoms with Crippen LogP contribution >= 0.6 is 11.6 Å². The second-order valence-electron chi connectivity index (χ2n) is 4.05. The summed E-state index contributed by atoms with van der Waals surface area (Å²) in [6, 6.07) is 7.37. The first-order chi connectivity index (χ1) is 9.49. The van der Waals surface area contributed by atoms with Crippen LogP contribution in [-0.4, -0.2) is 15.0 Å². The van der Waals surface area contributed by atoms with Crippen molar-refractivity contribution in [3.05, 3.63) is 57.2 Å². The lowest BCUT2D eigenvalue weighted by molar-refractivity contribution is -0.385. The van der Waals surface area contributed by atoms with Crippen LogP contribution in [0, 0.1) is 10.1 Å². The van der Waals surface area contributed by atoms with E-state index >= 15 is 0 Å². The van der Waals surface area contributed by atoms with Gasteiger partial charge in [-0.15, -0.1) is 0 Å². The summed E-state index contributed by atoms with van der Waals surface area (Å²) in [6.07, 6.45) is 0.752. The van der Waals surface area contributed by atoms with Gasteiger partial charge in [-0.3, -0.25) is 10.1 Å². The van der Waals surface area contributed by atoms with Crippen LogP contribution in [0.1, 0.15) is 18.6 Å². The van der Waals surface area contributed by atoms with Gasteiger partial charge >= 0.3 is 5.69 Å². The van der Waals surface area contributed by atoms with Crippen molar-refractivity contribution in [3.8, 4) is 11.6 Å². The summed E-state index contributed by atoms with van der Waals surface area (Å²) in [4.78, 5) is 14.3. The Bertz CT molecular complexity index is 646. The molecule has 0 aliphatic rings. The molecule has 104 valence electrons. The largest absolute Gasteiger partial charge is 0.430 e. The Morgan fingerprint density at radius 2 is 2.20 bits per heavy atom. The van der Waals surface area contributed by atoms with Gasteiger partial charge in [-0.25, -0.2) is 4.98 Å². The van der Waals surface area contributed by atoms with Gasteiger partial charge in [0.1, 0.15) is 0 Å². The van der Waals surface area contributed by atoms with Crippen LogP contribution in [0.25, 0.3) is 0 Å². The summed E-state index contributed by atoms with van der Waals surface area (Å²) < 4.78 is 5.40. The number of hydrogen-bond acceptors (Lipinski definition) is 5. The van der Waals surface area contributed by atoms with Crippen LogP contribution in [0.15, 0.2) is 36.5 Å². The standard InChI is InChI=1S/C13H11ClN2O4/c1-8(17)9-5-6-15-12(7-9)20-13-10(14)3-2-4-11(13)16(18)19/h2-8,17H,1H3. The van der Waals surface area contributed by atoms with Gasteiger partial charge in [0, 0.05) is 18.3 Å². The third-order valence-corrected chi connectivity index (χ3v) is 2.89. The number of hydrogen-bond donors (Lipinski definition) is 1. The molecule has 0 bridgehead atoms. The smallest absolute Gasteiger partial charge is 0.313 e. The average molecular weight is 295 g/mol. The van der Waals surface area contributed by atoms with E-state index in [0.717, 1.165) is 0 Å². The maximum atomic E-state index is 10.9. The van der Waals surface area contributed by atoms with E-state index in [-0.39, 0.29) is 22.3 Å². The highest BCUT2D eigenvalue weighted by atomic mass is 35.5. The zero-order valence-electron chi connectivity index (χ0n) is 10.5. The van der Waals surface area contributed by atoms with Crippen LogP contribution in [0.5, 0.6) is 11.6 Å². The molecule has 1 atom stereocenters. The number of rotatable bonds is 4. The van der Waals surface area contributed by atoms with Gasteiger partial charge in [0.15, 0.2) is 0 Å². The van der Waals surface area contributed by atoms with Crippen molar-refractivity contribution in [2.24, 2.45) is 0 Å². The van der Waals surface area contributed by atoms with E-state index in [1.807, 2.05) is 0 Å². The minimum atomic E-state index is -0.693. The van der Waals surface area contributed by atoms with Crippen LogP contribution in [0.4, 0.5) is 5.69 Å². The summed E-state index contributed by atoms with van der Waals surface area (Å²) in [7, 11) is 0. The minimum Gasteiger partial charge on any atom is -0.430 e. The molecule has 0 amide bonds. The van der Waals surface area contributed by atoms with Crippen molar-refractivity contribution in [1.29, 1.82) is 0 Å². The van der Waals surface area contributed by atoms with E-state index in [4.69, 9.17) is 16.3 Å². The molecule has 1 unspecified atom stereocenters. The molecule has 0 radical (unpaired) electrons. The molecule has 1 aromatic carbocycles. The fourth-order valence-electron chi connectivity index (χ4n) is 1.59. The van der Waals surface area contributed by atoms with Crippen molar-refractivity contribution in [2.75, 3.05) is 0 Å². The molecule has 0 fully saturated rings. The monoisotopic (exact) mass is 294 g/mol. The number of aliphatic hydroxyl groups excluding tert-OH is 1. The average Bonchev–Trinajstić information content (AvgIpc) is 2.41. The fourth-order valence-corrected chi connectivity index (χ4v) is 1.80. The van der Waals surface area contributed by atoms with Crippen molar-refractivity contribution in [3.63, 3.8) is 0 Å². The second-order valence-corrected chi connectivity index (χ2v) is 4.46. The van der Waals surface area contributed by atoms with Crippen LogP contribution in [-0.2, 0) is 0 Å². The van der Waals surface area contributed by atoms with E-state index < -0.39 is 11.0 Å². The molecular weight excluding hydrogens is 284 g/mol. The Hall–Kier alpha value is -2.18. The van der Waals surface area contributed by atoms with E-state index in [2.05, 4.69) is 4.98 Å². The summed E-state index contributed by atoms with van der Waals surface area (Å²) >= 11 is 5.92. The lowest BCUT2D eigenvalue weighted by Gasteiger charge is -2.09. The number of nitro groups is 1. The lowest BCUT2D eigenvalue weighted by atomic mass is 10.2. The number of halogens is 1.